The van der Waals surface area contributed by atoms with E-state index in [2.05, 4.69) is 45.9 Å². The number of aromatic nitrogens is 10. The topological polar surface area (TPSA) is 215 Å². The normalized spacial score (nSPS) is 22.8. The molecule has 6 aromatic heterocycles. The van der Waals surface area contributed by atoms with Gasteiger partial charge in [0.05, 0.1) is 40.5 Å². The summed E-state index contributed by atoms with van der Waals surface area (Å²) in [7, 11) is 0. The van der Waals surface area contributed by atoms with E-state index in [0.717, 1.165) is 56.8 Å². The zero-order chi connectivity index (χ0) is 50.9. The van der Waals surface area contributed by atoms with Crippen molar-refractivity contribution in [2.24, 2.45) is 23.7 Å². The molecular weight excluding hydrogens is 925 g/mol. The zero-order valence-electron chi connectivity index (χ0n) is 40.9. The van der Waals surface area contributed by atoms with Crippen molar-refractivity contribution in [1.82, 2.24) is 49.5 Å². The van der Waals surface area contributed by atoms with Gasteiger partial charge in [-0.1, -0.05) is 75.4 Å². The highest BCUT2D eigenvalue weighted by Gasteiger charge is 2.53. The Hall–Kier alpha value is -8.92. The number of carbonyl (C=O) groups excluding carboxylic acids is 2. The van der Waals surface area contributed by atoms with E-state index in [-0.39, 0.29) is 47.1 Å². The van der Waals surface area contributed by atoms with Crippen LogP contribution in [0.1, 0.15) is 67.3 Å². The minimum Gasteiger partial charge on any atom is -0.392 e. The van der Waals surface area contributed by atoms with Crippen molar-refractivity contribution in [3.8, 4) is 68.8 Å². The van der Waals surface area contributed by atoms with Gasteiger partial charge in [-0.2, -0.15) is 20.7 Å². The number of allylic oxidation sites excluding steroid dienone is 4. The Bertz CT molecular complexity index is 3700. The standard InChI is InChI=1S/C59H48N12O3/c1-34-46-15-13-43-52(48-19-21-62-32-66-48)68-70(56(43)58(46,2)25-41(27-60)54(34)73)51-18-12-39(30-65-51)36-9-10-37(40(23-36)31-72)24-45-47-16-14-44-53(49-20-22-63-33-67-49)69-71(57(44)59(47,3)26-42(28-61)55(45)74)50-17-11-38(29-64-50)35-7-5-4-6-8-35/h4-12,17-23,25-26,29-30,32-34,45-47,72H,13-16,24,31H2,1-3H3/t34-,45-,46-,47-,58-,59-/m1/s1. The van der Waals surface area contributed by atoms with E-state index in [9.17, 15) is 25.2 Å². The van der Waals surface area contributed by atoms with E-state index in [0.29, 0.717) is 65.7 Å². The third-order valence-corrected chi connectivity index (χ3v) is 16.3. The first-order chi connectivity index (χ1) is 36.0. The first kappa shape index (κ1) is 46.2. The Morgan fingerprint density at radius 3 is 1.70 bits per heavy atom. The van der Waals surface area contributed by atoms with Gasteiger partial charge in [0.15, 0.2) is 23.2 Å². The lowest BCUT2D eigenvalue weighted by molar-refractivity contribution is -0.122. The number of aliphatic hydroxyl groups excluding tert-OH is 1. The van der Waals surface area contributed by atoms with Gasteiger partial charge in [-0.3, -0.25) is 9.59 Å². The van der Waals surface area contributed by atoms with Crippen molar-refractivity contribution in [2.75, 3.05) is 0 Å². The van der Waals surface area contributed by atoms with Gasteiger partial charge in [0.25, 0.3) is 0 Å². The number of Topliss-reactive ketones (excluding diaryl/α,β-unsaturated/α-hetero) is 2. The minimum atomic E-state index is -0.815. The van der Waals surface area contributed by atoms with Crippen LogP contribution in [0.3, 0.4) is 0 Å². The number of carbonyl (C=O) groups is 2. The smallest absolute Gasteiger partial charge is 0.176 e. The van der Waals surface area contributed by atoms with Gasteiger partial charge in [0.1, 0.15) is 36.2 Å². The molecule has 0 radical (unpaired) electrons. The minimum absolute atomic E-state index is 0.0500. The lowest BCUT2D eigenvalue weighted by Gasteiger charge is -2.46. The number of nitrogens with zero attached hydrogens (tertiary/aromatic N) is 12. The predicted octanol–water partition coefficient (Wildman–Crippen LogP) is 8.79. The molecule has 2 aromatic carbocycles. The van der Waals surface area contributed by atoms with E-state index in [1.54, 1.807) is 18.6 Å². The molecule has 362 valence electrons. The quantitative estimate of drug-likeness (QED) is 0.143. The molecule has 0 unspecified atom stereocenters. The maximum Gasteiger partial charge on any atom is 0.176 e. The molecule has 4 aliphatic rings. The van der Waals surface area contributed by atoms with E-state index < -0.39 is 16.7 Å². The number of benzene rings is 2. The summed E-state index contributed by atoms with van der Waals surface area (Å²) in [5.41, 5.74) is 10.3. The molecule has 4 aliphatic carbocycles. The Kier molecular flexibility index (Phi) is 11.2. The summed E-state index contributed by atoms with van der Waals surface area (Å²) in [4.78, 5) is 55.1. The summed E-state index contributed by atoms with van der Waals surface area (Å²) >= 11 is 0. The van der Waals surface area contributed by atoms with Gasteiger partial charge in [-0.25, -0.2) is 39.3 Å². The molecule has 0 saturated carbocycles. The summed E-state index contributed by atoms with van der Waals surface area (Å²) in [5, 5.41) is 42.0. The van der Waals surface area contributed by atoms with Gasteiger partial charge in [0.2, 0.25) is 0 Å². The average molecular weight is 973 g/mol. The van der Waals surface area contributed by atoms with Crippen LogP contribution in [0.4, 0.5) is 0 Å². The van der Waals surface area contributed by atoms with Crippen LogP contribution in [0.15, 0.2) is 146 Å². The maximum absolute atomic E-state index is 14.5. The second kappa shape index (κ2) is 18.0. The van der Waals surface area contributed by atoms with Crippen molar-refractivity contribution < 1.29 is 14.7 Å². The molecule has 12 rings (SSSR count). The van der Waals surface area contributed by atoms with Crippen molar-refractivity contribution in [1.29, 1.82) is 10.5 Å². The molecule has 74 heavy (non-hydrogen) atoms. The largest absolute Gasteiger partial charge is 0.392 e. The second-order valence-electron chi connectivity index (χ2n) is 20.2. The summed E-state index contributed by atoms with van der Waals surface area (Å²) < 4.78 is 3.71. The molecule has 6 heterocycles. The van der Waals surface area contributed by atoms with Crippen LogP contribution in [0.5, 0.6) is 0 Å². The second-order valence-corrected chi connectivity index (χ2v) is 20.2. The molecule has 6 atom stereocenters. The van der Waals surface area contributed by atoms with Crippen molar-refractivity contribution in [2.45, 2.75) is 70.3 Å². The van der Waals surface area contributed by atoms with Crippen molar-refractivity contribution in [3.63, 3.8) is 0 Å². The number of aliphatic hydroxyl groups is 1. The molecule has 0 aliphatic heterocycles. The number of hydrogen-bond donors (Lipinski definition) is 1. The number of rotatable bonds is 9. The van der Waals surface area contributed by atoms with E-state index in [1.165, 1.54) is 12.7 Å². The van der Waals surface area contributed by atoms with E-state index in [4.69, 9.17) is 20.2 Å². The molecule has 15 nitrogen and oxygen atoms in total. The van der Waals surface area contributed by atoms with Crippen molar-refractivity contribution >= 4 is 11.6 Å². The highest BCUT2D eigenvalue weighted by atomic mass is 16.3. The van der Waals surface area contributed by atoms with Crippen LogP contribution in [0.25, 0.3) is 56.7 Å². The van der Waals surface area contributed by atoms with Crippen LogP contribution in [0, 0.1) is 46.3 Å². The predicted molar refractivity (Wildman–Crippen MR) is 274 cm³/mol. The summed E-state index contributed by atoms with van der Waals surface area (Å²) in [5.74, 6) is -0.383. The van der Waals surface area contributed by atoms with Gasteiger partial charge in [-0.05, 0) is 109 Å². The third-order valence-electron chi connectivity index (χ3n) is 16.3. The molecule has 0 bridgehead atoms. The highest BCUT2D eigenvalue weighted by Crippen LogP contribution is 2.54. The van der Waals surface area contributed by atoms with Crippen LogP contribution in [0.2, 0.25) is 0 Å². The number of ketones is 2. The fraction of sp³-hybridized carbons (Fsp3) is 0.254. The van der Waals surface area contributed by atoms with Crippen LogP contribution >= 0.6 is 0 Å². The first-order valence-corrected chi connectivity index (χ1v) is 24.9. The van der Waals surface area contributed by atoms with E-state index >= 15 is 0 Å². The van der Waals surface area contributed by atoms with Crippen LogP contribution < -0.4 is 0 Å². The average Bonchev–Trinajstić information content (AvgIpc) is 4.06. The number of hydrogen-bond acceptors (Lipinski definition) is 13. The molecule has 0 amide bonds. The Balaban J connectivity index is 0.884. The van der Waals surface area contributed by atoms with Crippen LogP contribution in [-0.2, 0) is 46.3 Å². The molecular formula is C59H48N12O3. The SMILES string of the molecule is C[C@H]1C(=O)C(C#N)=C[C@@]2(C)c3c(c(-c4ccncn4)nn3-c3ccc(-c4ccc(C[C@H]5C(=O)C(C#N)=C[C@@]6(C)c7c(c(-c8ccncn8)nn7-c7ccc(-c8ccccc8)cn7)CC[C@H]56)c(CO)c4)cn3)CC[C@H]12. The lowest BCUT2D eigenvalue weighted by atomic mass is 9.56. The monoisotopic (exact) mass is 972 g/mol. The zero-order valence-corrected chi connectivity index (χ0v) is 40.9. The third kappa shape index (κ3) is 7.33. The van der Waals surface area contributed by atoms with Gasteiger partial charge in [0, 0.05) is 69.7 Å². The summed E-state index contributed by atoms with van der Waals surface area (Å²) in [6.07, 6.45) is 16.7. The number of pyridine rings is 2. The van der Waals surface area contributed by atoms with Gasteiger partial charge < -0.3 is 5.11 Å². The maximum atomic E-state index is 14.5. The Morgan fingerprint density at radius 2 is 1.18 bits per heavy atom. The number of fused-ring (bicyclic) bond motifs is 6. The van der Waals surface area contributed by atoms with Gasteiger partial charge in [-0.15, -0.1) is 0 Å². The molecule has 0 fully saturated rings. The molecule has 15 heteroatoms. The molecule has 8 aromatic rings. The fourth-order valence-corrected chi connectivity index (χ4v) is 12.7. The van der Waals surface area contributed by atoms with Crippen molar-refractivity contribution in [3.05, 3.63) is 179 Å². The fourth-order valence-electron chi connectivity index (χ4n) is 12.7. The Labute approximate surface area is 426 Å². The first-order valence-electron chi connectivity index (χ1n) is 24.9. The van der Waals surface area contributed by atoms with E-state index in [1.807, 2.05) is 120 Å². The van der Waals surface area contributed by atoms with Crippen LogP contribution in [-0.4, -0.2) is 66.1 Å². The summed E-state index contributed by atoms with van der Waals surface area (Å²) in [6.45, 7) is 5.84. The lowest BCUT2D eigenvalue weighted by Crippen LogP contribution is -2.48. The molecule has 0 saturated heterocycles. The van der Waals surface area contributed by atoms with Gasteiger partial charge >= 0.3 is 0 Å². The highest BCUT2D eigenvalue weighted by molar-refractivity contribution is 6.03. The summed E-state index contributed by atoms with van der Waals surface area (Å²) in [6, 6.07) is 31.9. The molecule has 0 spiro atoms. The Morgan fingerprint density at radius 1 is 0.635 bits per heavy atom. The number of nitriles is 2. The molecule has 1 N–H and O–H groups in total.